The van der Waals surface area contributed by atoms with Crippen molar-refractivity contribution in [3.05, 3.63) is 103 Å². The highest BCUT2D eigenvalue weighted by Crippen LogP contribution is 2.42. The van der Waals surface area contributed by atoms with Crippen molar-refractivity contribution in [3.8, 4) is 11.3 Å². The summed E-state index contributed by atoms with van der Waals surface area (Å²) in [6.07, 6.45) is -4.93. The van der Waals surface area contributed by atoms with Crippen molar-refractivity contribution in [2.75, 3.05) is 5.32 Å². The van der Waals surface area contributed by atoms with Gasteiger partial charge in [0.15, 0.2) is 0 Å². The summed E-state index contributed by atoms with van der Waals surface area (Å²) in [5, 5.41) is 15.5. The number of carbonyl (C=O) groups excluding carboxylic acids is 2. The van der Waals surface area contributed by atoms with Gasteiger partial charge in [0, 0.05) is 43.9 Å². The van der Waals surface area contributed by atoms with E-state index in [4.69, 9.17) is 11.6 Å². The lowest BCUT2D eigenvalue weighted by Gasteiger charge is -2.19. The Labute approximate surface area is 230 Å². The Hall–Kier alpha value is -4.36. The van der Waals surface area contributed by atoms with E-state index in [1.807, 2.05) is 0 Å². The van der Waals surface area contributed by atoms with E-state index in [0.29, 0.717) is 12.1 Å². The van der Waals surface area contributed by atoms with Crippen molar-refractivity contribution in [3.63, 3.8) is 0 Å². The molecule has 1 aliphatic heterocycles. The highest BCUT2D eigenvalue weighted by Gasteiger charge is 2.36. The van der Waals surface area contributed by atoms with E-state index in [1.165, 1.54) is 23.6 Å². The number of carboxylic acid groups (broad SMARTS) is 1. The van der Waals surface area contributed by atoms with Crippen LogP contribution in [0, 0.1) is 11.6 Å². The van der Waals surface area contributed by atoms with E-state index in [0.717, 1.165) is 23.5 Å². The Morgan fingerprint density at radius 3 is 2.48 bits per heavy atom. The number of hydrogen-bond donors (Lipinski definition) is 3. The van der Waals surface area contributed by atoms with Crippen LogP contribution in [0.2, 0.25) is 5.02 Å². The quantitative estimate of drug-likeness (QED) is 0.228. The molecule has 2 heterocycles. The van der Waals surface area contributed by atoms with Crippen LogP contribution in [0.5, 0.6) is 0 Å². The van der Waals surface area contributed by atoms with E-state index in [2.05, 4.69) is 15.6 Å². The monoisotopic (exact) mass is 593 g/mol. The molecular formula is C26H13ClF5N3O4S. The third-order valence-electron chi connectivity index (χ3n) is 5.98. The van der Waals surface area contributed by atoms with Crippen LogP contribution in [0.25, 0.3) is 11.3 Å². The summed E-state index contributed by atoms with van der Waals surface area (Å²) in [6, 6.07) is 6.35. The predicted molar refractivity (Wildman–Crippen MR) is 135 cm³/mol. The van der Waals surface area contributed by atoms with Gasteiger partial charge in [0.1, 0.15) is 11.6 Å². The molecule has 1 aromatic heterocycles. The molecule has 14 heteroatoms. The van der Waals surface area contributed by atoms with Gasteiger partial charge >= 0.3 is 12.1 Å². The fraction of sp³-hybridized carbons (Fsp3) is 0.0769. The Morgan fingerprint density at radius 2 is 1.80 bits per heavy atom. The van der Waals surface area contributed by atoms with E-state index in [9.17, 15) is 41.4 Å². The second kappa shape index (κ2) is 9.99. The normalized spacial score (nSPS) is 14.6. The molecule has 4 aromatic rings. The molecule has 0 radical (unpaired) electrons. The van der Waals surface area contributed by atoms with Gasteiger partial charge in [0.25, 0.3) is 11.8 Å². The minimum Gasteiger partial charge on any atom is -0.476 e. The van der Waals surface area contributed by atoms with Crippen LogP contribution in [0.3, 0.4) is 0 Å². The van der Waals surface area contributed by atoms with Gasteiger partial charge in [-0.25, -0.2) is 18.6 Å². The number of thiazole rings is 1. The van der Waals surface area contributed by atoms with Crippen LogP contribution in [-0.4, -0.2) is 27.9 Å². The molecule has 0 saturated heterocycles. The molecule has 2 amide bonds. The van der Waals surface area contributed by atoms with Crippen molar-refractivity contribution in [1.82, 2.24) is 10.3 Å². The molecule has 204 valence electrons. The van der Waals surface area contributed by atoms with Crippen molar-refractivity contribution < 1.29 is 41.4 Å². The van der Waals surface area contributed by atoms with Gasteiger partial charge in [-0.2, -0.15) is 13.2 Å². The predicted octanol–water partition coefficient (Wildman–Crippen LogP) is 6.54. The first-order valence-corrected chi connectivity index (χ1v) is 12.4. The van der Waals surface area contributed by atoms with Crippen molar-refractivity contribution in [2.45, 2.75) is 12.2 Å². The van der Waals surface area contributed by atoms with E-state index in [1.54, 1.807) is 0 Å². The summed E-state index contributed by atoms with van der Waals surface area (Å²) in [6.45, 7) is 0. The number of carbonyl (C=O) groups is 3. The Balaban J connectivity index is 1.66. The minimum absolute atomic E-state index is 0.0155. The number of amides is 2. The number of halogens is 6. The largest absolute Gasteiger partial charge is 0.476 e. The lowest BCUT2D eigenvalue weighted by molar-refractivity contribution is -0.137. The van der Waals surface area contributed by atoms with Gasteiger partial charge in [-0.05, 0) is 48.5 Å². The topological polar surface area (TPSA) is 108 Å². The van der Waals surface area contributed by atoms with Gasteiger partial charge in [-0.15, -0.1) is 11.3 Å². The second-order valence-electron chi connectivity index (χ2n) is 8.58. The highest BCUT2D eigenvalue weighted by molar-refractivity contribution is 7.11. The first kappa shape index (κ1) is 27.2. The fourth-order valence-corrected chi connectivity index (χ4v) is 5.13. The molecule has 0 fully saturated rings. The average Bonchev–Trinajstić information content (AvgIpc) is 3.50. The number of carboxylic acids is 1. The summed E-state index contributed by atoms with van der Waals surface area (Å²) >= 11 is 7.07. The van der Waals surface area contributed by atoms with Crippen LogP contribution >= 0.6 is 22.9 Å². The van der Waals surface area contributed by atoms with Gasteiger partial charge in [0.05, 0.1) is 17.3 Å². The summed E-state index contributed by atoms with van der Waals surface area (Å²) in [5.74, 6) is -5.07. The zero-order valence-corrected chi connectivity index (χ0v) is 21.1. The molecule has 1 aliphatic rings. The smallest absolute Gasteiger partial charge is 0.416 e. The number of aromatic nitrogens is 1. The summed E-state index contributed by atoms with van der Waals surface area (Å²) in [4.78, 5) is 41.4. The maximum Gasteiger partial charge on any atom is 0.416 e. The maximum atomic E-state index is 14.1. The van der Waals surface area contributed by atoms with Crippen molar-refractivity contribution in [1.29, 1.82) is 0 Å². The van der Waals surface area contributed by atoms with Gasteiger partial charge in [-0.1, -0.05) is 11.6 Å². The molecule has 3 N–H and O–H groups in total. The van der Waals surface area contributed by atoms with Crippen LogP contribution in [0.15, 0.2) is 53.9 Å². The average molecular weight is 594 g/mol. The lowest BCUT2D eigenvalue weighted by Crippen LogP contribution is -2.21. The van der Waals surface area contributed by atoms with Gasteiger partial charge in [-0.3, -0.25) is 9.59 Å². The highest BCUT2D eigenvalue weighted by atomic mass is 35.5. The van der Waals surface area contributed by atoms with Crippen molar-refractivity contribution in [2.24, 2.45) is 0 Å². The molecule has 3 aromatic carbocycles. The number of hydrogen-bond acceptors (Lipinski definition) is 5. The molecule has 0 spiro atoms. The Morgan fingerprint density at radius 1 is 1.05 bits per heavy atom. The number of alkyl halides is 3. The zero-order chi connectivity index (χ0) is 28.9. The molecule has 0 bridgehead atoms. The summed E-state index contributed by atoms with van der Waals surface area (Å²) < 4.78 is 67.8. The number of anilines is 1. The lowest BCUT2D eigenvalue weighted by atomic mass is 9.93. The van der Waals surface area contributed by atoms with Gasteiger partial charge in [0.2, 0.25) is 5.01 Å². The van der Waals surface area contributed by atoms with E-state index < -0.39 is 52.8 Å². The third kappa shape index (κ3) is 5.12. The van der Waals surface area contributed by atoms with Crippen LogP contribution < -0.4 is 10.6 Å². The SMILES string of the molecule is O=C(Nc1cc(-c2csc(C(=O)O)n2)cc2c1C(c1cc(F)ccc1Cl)NC2=O)c1cc(F)cc(C(F)(F)F)c1. The number of nitrogens with one attached hydrogen (secondary N) is 2. The first-order chi connectivity index (χ1) is 18.8. The molecule has 5 rings (SSSR count). The number of fused-ring (bicyclic) bond motifs is 1. The number of nitrogens with zero attached hydrogens (tertiary/aromatic N) is 1. The molecule has 1 unspecified atom stereocenters. The minimum atomic E-state index is -4.93. The van der Waals surface area contributed by atoms with E-state index >= 15 is 0 Å². The van der Waals surface area contributed by atoms with Crippen LogP contribution in [-0.2, 0) is 6.18 Å². The van der Waals surface area contributed by atoms with Crippen LogP contribution in [0.4, 0.5) is 27.6 Å². The third-order valence-corrected chi connectivity index (χ3v) is 7.15. The Kier molecular flexibility index (Phi) is 6.80. The molecular weight excluding hydrogens is 581 g/mol. The second-order valence-corrected chi connectivity index (χ2v) is 9.85. The fourth-order valence-electron chi connectivity index (χ4n) is 4.24. The summed E-state index contributed by atoms with van der Waals surface area (Å²) in [5.41, 5.74) is -1.62. The Bertz CT molecular complexity index is 1720. The molecule has 0 saturated carbocycles. The zero-order valence-electron chi connectivity index (χ0n) is 19.6. The van der Waals surface area contributed by atoms with Crippen LogP contribution in [0.1, 0.15) is 53.3 Å². The number of aromatic carboxylic acids is 1. The first-order valence-electron chi connectivity index (χ1n) is 11.1. The summed E-state index contributed by atoms with van der Waals surface area (Å²) in [7, 11) is 0. The number of benzene rings is 3. The molecule has 40 heavy (non-hydrogen) atoms. The van der Waals surface area contributed by atoms with Gasteiger partial charge < -0.3 is 15.7 Å². The molecule has 0 aliphatic carbocycles. The van der Waals surface area contributed by atoms with Crippen molar-refractivity contribution >= 4 is 46.4 Å². The standard InChI is InChI=1S/C26H13ClF5N3O4S/c27-17-2-1-13(28)8-15(17)21-20-16(23(37)35-21)5-10(19-9-40-24(34-19)25(38)39)6-18(20)33-22(36)11-3-12(26(30,31)32)7-14(29)4-11/h1-9,21H,(H,33,36)(H,35,37)(H,38,39). The maximum absolute atomic E-state index is 14.1. The molecule has 1 atom stereocenters. The molecule has 7 nitrogen and oxygen atoms in total. The number of rotatable bonds is 5. The van der Waals surface area contributed by atoms with E-state index in [-0.39, 0.29) is 49.7 Å².